The highest BCUT2D eigenvalue weighted by Gasteiger charge is 2.25. The predicted molar refractivity (Wildman–Crippen MR) is 66.6 cm³/mol. The van der Waals surface area contributed by atoms with E-state index >= 15 is 0 Å². The summed E-state index contributed by atoms with van der Waals surface area (Å²) in [6.07, 6.45) is 14.1. The van der Waals surface area contributed by atoms with Crippen LogP contribution in [0, 0.1) is 0 Å². The van der Waals surface area contributed by atoms with Crippen LogP contribution in [0.5, 0.6) is 0 Å². The second-order valence-electron chi connectivity index (χ2n) is 5.58. The molecule has 2 fully saturated rings. The number of halogens is 1. The molecule has 2 N–H and O–H groups in total. The Balaban J connectivity index is 0.00000144. The van der Waals surface area contributed by atoms with Crippen molar-refractivity contribution in [3.63, 3.8) is 0 Å². The molecule has 1 heterocycles. The molecule has 2 nitrogen and oxygen atoms in total. The molecule has 0 spiro atoms. The monoisotopic (exact) mass is 259 g/mol. The van der Waals surface area contributed by atoms with Gasteiger partial charge >= 0.3 is 0 Å². The SMILES string of the molecule is OC1(/C=C/C[NH+]2CCCCC2)CCCCC1.[Cl-]. The quantitative estimate of drug-likeness (QED) is 0.581. The first-order valence-corrected chi connectivity index (χ1v) is 7.02. The number of rotatable bonds is 3. The zero-order chi connectivity index (χ0) is 11.3. The lowest BCUT2D eigenvalue weighted by Crippen LogP contribution is -3.12. The smallest absolute Gasteiger partial charge is 0.0959 e. The third-order valence-electron chi connectivity index (χ3n) is 4.11. The minimum absolute atomic E-state index is 0. The molecule has 0 atom stereocenters. The lowest BCUT2D eigenvalue weighted by molar-refractivity contribution is -0.899. The summed E-state index contributed by atoms with van der Waals surface area (Å²) in [5, 5.41) is 10.3. The van der Waals surface area contributed by atoms with Gasteiger partial charge in [0.15, 0.2) is 0 Å². The standard InChI is InChI=1S/C14H25NO.ClH/c16-14(8-3-1-4-9-14)10-7-13-15-11-5-2-6-12-15;/h7,10,16H,1-6,8-9,11-13H2;1H/b10-7+;. The fraction of sp³-hybridized carbons (Fsp3) is 0.857. The number of hydrogen-bond donors (Lipinski definition) is 2. The second-order valence-corrected chi connectivity index (χ2v) is 5.58. The average Bonchev–Trinajstić information content (AvgIpc) is 2.31. The molecule has 17 heavy (non-hydrogen) atoms. The van der Waals surface area contributed by atoms with E-state index in [1.165, 1.54) is 51.6 Å². The molecule has 1 saturated carbocycles. The maximum absolute atomic E-state index is 10.3. The Bertz CT molecular complexity index is 230. The first-order valence-electron chi connectivity index (χ1n) is 7.02. The Hall–Kier alpha value is -0.0500. The molecule has 100 valence electrons. The van der Waals surface area contributed by atoms with Gasteiger partial charge in [-0.25, -0.2) is 0 Å². The fourth-order valence-electron chi connectivity index (χ4n) is 3.03. The van der Waals surface area contributed by atoms with Crippen LogP contribution in [0.4, 0.5) is 0 Å². The molecule has 1 saturated heterocycles. The normalized spacial score (nSPS) is 25.7. The molecular formula is C14H26ClNO. The van der Waals surface area contributed by atoms with Crippen molar-refractivity contribution in [2.75, 3.05) is 19.6 Å². The van der Waals surface area contributed by atoms with Crippen LogP contribution in [0.1, 0.15) is 51.4 Å². The Morgan fingerprint density at radius 1 is 0.941 bits per heavy atom. The summed E-state index contributed by atoms with van der Waals surface area (Å²) in [4.78, 5) is 1.70. The second kappa shape index (κ2) is 7.40. The van der Waals surface area contributed by atoms with Crippen LogP contribution in [0.15, 0.2) is 12.2 Å². The van der Waals surface area contributed by atoms with E-state index in [1.807, 2.05) is 0 Å². The Kier molecular flexibility index (Phi) is 6.53. The van der Waals surface area contributed by atoms with Gasteiger partial charge < -0.3 is 22.4 Å². The van der Waals surface area contributed by atoms with E-state index in [9.17, 15) is 5.11 Å². The zero-order valence-electron chi connectivity index (χ0n) is 10.8. The van der Waals surface area contributed by atoms with Gasteiger partial charge in [-0.3, -0.25) is 0 Å². The highest BCUT2D eigenvalue weighted by Crippen LogP contribution is 2.28. The molecular weight excluding hydrogens is 234 g/mol. The molecule has 2 aliphatic rings. The molecule has 0 amide bonds. The van der Waals surface area contributed by atoms with Gasteiger partial charge in [-0.1, -0.05) is 25.3 Å². The number of aliphatic hydroxyl groups is 1. The Morgan fingerprint density at radius 2 is 1.53 bits per heavy atom. The van der Waals surface area contributed by atoms with E-state index < -0.39 is 5.60 Å². The molecule has 1 aliphatic carbocycles. The van der Waals surface area contributed by atoms with E-state index in [-0.39, 0.29) is 12.4 Å². The van der Waals surface area contributed by atoms with Crippen LogP contribution >= 0.6 is 0 Å². The van der Waals surface area contributed by atoms with Gasteiger partial charge in [-0.05, 0) is 38.2 Å². The molecule has 0 aromatic rings. The van der Waals surface area contributed by atoms with E-state index in [0.717, 1.165) is 19.4 Å². The number of nitrogens with one attached hydrogen (secondary N) is 1. The molecule has 2 rings (SSSR count). The summed E-state index contributed by atoms with van der Waals surface area (Å²) in [6.45, 7) is 3.76. The fourth-order valence-corrected chi connectivity index (χ4v) is 3.03. The molecule has 3 heteroatoms. The number of likely N-dealkylation sites (tertiary alicyclic amines) is 1. The van der Waals surface area contributed by atoms with Crippen LogP contribution in [0.2, 0.25) is 0 Å². The van der Waals surface area contributed by atoms with Crippen LogP contribution in [-0.4, -0.2) is 30.3 Å². The molecule has 0 bridgehead atoms. The summed E-state index contributed by atoms with van der Waals surface area (Å²) in [7, 11) is 0. The van der Waals surface area contributed by atoms with Crippen molar-refractivity contribution < 1.29 is 22.4 Å². The van der Waals surface area contributed by atoms with Crippen LogP contribution in [0.3, 0.4) is 0 Å². The summed E-state index contributed by atoms with van der Waals surface area (Å²) in [6, 6.07) is 0. The minimum atomic E-state index is -0.465. The first-order chi connectivity index (χ1) is 7.79. The summed E-state index contributed by atoms with van der Waals surface area (Å²) >= 11 is 0. The van der Waals surface area contributed by atoms with Crippen molar-refractivity contribution in [3.05, 3.63) is 12.2 Å². The number of quaternary nitrogens is 1. The maximum atomic E-state index is 10.3. The number of piperidine rings is 1. The van der Waals surface area contributed by atoms with Crippen molar-refractivity contribution in [2.45, 2.75) is 57.0 Å². The van der Waals surface area contributed by atoms with E-state index in [0.29, 0.717) is 0 Å². The molecule has 0 unspecified atom stereocenters. The lowest BCUT2D eigenvalue weighted by atomic mass is 9.84. The summed E-state index contributed by atoms with van der Waals surface area (Å²) in [5.74, 6) is 0. The summed E-state index contributed by atoms with van der Waals surface area (Å²) < 4.78 is 0. The van der Waals surface area contributed by atoms with Crippen molar-refractivity contribution >= 4 is 0 Å². The third kappa shape index (κ3) is 4.99. The average molecular weight is 260 g/mol. The first kappa shape index (κ1) is 15.0. The molecule has 0 aromatic heterocycles. The lowest BCUT2D eigenvalue weighted by Gasteiger charge is -2.29. The third-order valence-corrected chi connectivity index (χ3v) is 4.11. The highest BCUT2D eigenvalue weighted by atomic mass is 35.5. The number of hydrogen-bond acceptors (Lipinski definition) is 1. The molecule has 1 aliphatic heterocycles. The Morgan fingerprint density at radius 3 is 2.18 bits per heavy atom. The molecule has 0 aromatic carbocycles. The van der Waals surface area contributed by atoms with E-state index in [2.05, 4.69) is 12.2 Å². The van der Waals surface area contributed by atoms with Crippen LogP contribution in [-0.2, 0) is 0 Å². The van der Waals surface area contributed by atoms with Crippen molar-refractivity contribution in [3.8, 4) is 0 Å². The predicted octanol–water partition coefficient (Wildman–Crippen LogP) is -1.69. The van der Waals surface area contributed by atoms with E-state index in [1.54, 1.807) is 4.90 Å². The van der Waals surface area contributed by atoms with Gasteiger partial charge in [0.05, 0.1) is 25.2 Å². The van der Waals surface area contributed by atoms with Gasteiger partial charge in [0.1, 0.15) is 0 Å². The Labute approximate surface area is 111 Å². The largest absolute Gasteiger partial charge is 1.00 e. The van der Waals surface area contributed by atoms with Gasteiger partial charge in [-0.15, -0.1) is 0 Å². The van der Waals surface area contributed by atoms with E-state index in [4.69, 9.17) is 0 Å². The maximum Gasteiger partial charge on any atom is 0.0959 e. The van der Waals surface area contributed by atoms with Crippen LogP contribution in [0.25, 0.3) is 0 Å². The van der Waals surface area contributed by atoms with Crippen molar-refractivity contribution in [1.29, 1.82) is 0 Å². The van der Waals surface area contributed by atoms with Crippen LogP contribution < -0.4 is 17.3 Å². The van der Waals surface area contributed by atoms with Crippen molar-refractivity contribution in [2.24, 2.45) is 0 Å². The minimum Gasteiger partial charge on any atom is -1.00 e. The van der Waals surface area contributed by atoms with Gasteiger partial charge in [-0.2, -0.15) is 0 Å². The van der Waals surface area contributed by atoms with Gasteiger partial charge in [0, 0.05) is 0 Å². The molecule has 0 radical (unpaired) electrons. The van der Waals surface area contributed by atoms with Crippen molar-refractivity contribution in [1.82, 2.24) is 0 Å². The topological polar surface area (TPSA) is 24.7 Å². The highest BCUT2D eigenvalue weighted by molar-refractivity contribution is 5.02. The van der Waals surface area contributed by atoms with Gasteiger partial charge in [0.2, 0.25) is 0 Å². The zero-order valence-corrected chi connectivity index (χ0v) is 11.5. The van der Waals surface area contributed by atoms with Gasteiger partial charge in [0.25, 0.3) is 0 Å². The summed E-state index contributed by atoms with van der Waals surface area (Å²) in [5.41, 5.74) is -0.465.